The Bertz CT molecular complexity index is 721. The summed E-state index contributed by atoms with van der Waals surface area (Å²) in [6, 6.07) is 8.59. The molecule has 0 unspecified atom stereocenters. The summed E-state index contributed by atoms with van der Waals surface area (Å²) in [4.78, 5) is 4.45. The van der Waals surface area contributed by atoms with Crippen LogP contribution in [0, 0.1) is 0 Å². The van der Waals surface area contributed by atoms with Crippen molar-refractivity contribution < 1.29 is 8.42 Å². The molecule has 0 saturated heterocycles. The quantitative estimate of drug-likeness (QED) is 0.929. The van der Waals surface area contributed by atoms with Gasteiger partial charge in [0, 0.05) is 30.7 Å². The van der Waals surface area contributed by atoms with Gasteiger partial charge < -0.3 is 5.73 Å². The highest BCUT2D eigenvalue weighted by atomic mass is 32.2. The molecule has 0 atom stereocenters. The van der Waals surface area contributed by atoms with E-state index < -0.39 is 15.6 Å². The Hall–Kier alpha value is -1.50. The summed E-state index contributed by atoms with van der Waals surface area (Å²) in [5.41, 5.74) is 5.69. The molecule has 0 fully saturated rings. The number of benzene rings is 1. The molecule has 5 nitrogen and oxygen atoms in total. The molecule has 20 heavy (non-hydrogen) atoms. The van der Waals surface area contributed by atoms with Crippen molar-refractivity contribution in [1.29, 1.82) is 0 Å². The monoisotopic (exact) mass is 293 g/mol. The second kappa shape index (κ2) is 5.12. The Balaban J connectivity index is 2.64. The van der Waals surface area contributed by atoms with Crippen LogP contribution in [0.4, 0.5) is 0 Å². The van der Waals surface area contributed by atoms with E-state index in [2.05, 4.69) is 4.98 Å². The van der Waals surface area contributed by atoms with Gasteiger partial charge >= 0.3 is 0 Å². The van der Waals surface area contributed by atoms with Crippen LogP contribution in [-0.4, -0.2) is 36.8 Å². The molecule has 0 bridgehead atoms. The average Bonchev–Trinajstić information content (AvgIpc) is 2.45. The van der Waals surface area contributed by atoms with Gasteiger partial charge in [-0.1, -0.05) is 6.07 Å². The Labute approximate surface area is 119 Å². The van der Waals surface area contributed by atoms with Crippen molar-refractivity contribution in [2.45, 2.75) is 24.3 Å². The first-order chi connectivity index (χ1) is 9.30. The van der Waals surface area contributed by atoms with E-state index in [9.17, 15) is 8.42 Å². The highest BCUT2D eigenvalue weighted by molar-refractivity contribution is 7.89. The third-order valence-electron chi connectivity index (χ3n) is 3.60. The molecule has 2 aromatic rings. The number of nitrogens with two attached hydrogens (primary N) is 1. The standard InChI is InChI=1S/C14H19N3O2S/c1-14(2,10-15)17(3)20(18,19)13-8-4-7-12-11(13)6-5-9-16-12/h4-9H,10,15H2,1-3H3. The largest absolute Gasteiger partial charge is 0.329 e. The number of sulfonamides is 1. The third kappa shape index (κ3) is 2.42. The summed E-state index contributed by atoms with van der Waals surface area (Å²) in [6.07, 6.45) is 1.65. The maximum atomic E-state index is 12.8. The van der Waals surface area contributed by atoms with Gasteiger partial charge in [-0.3, -0.25) is 4.98 Å². The molecule has 2 rings (SSSR count). The third-order valence-corrected chi connectivity index (χ3v) is 5.72. The number of likely N-dealkylation sites (N-methyl/N-ethyl adjacent to an activating group) is 1. The highest BCUT2D eigenvalue weighted by Crippen LogP contribution is 2.27. The lowest BCUT2D eigenvalue weighted by molar-refractivity contribution is 0.274. The molecule has 6 heteroatoms. The van der Waals surface area contributed by atoms with Crippen molar-refractivity contribution in [3.63, 3.8) is 0 Å². The number of nitrogens with zero attached hydrogens (tertiary/aromatic N) is 2. The summed E-state index contributed by atoms with van der Waals surface area (Å²) < 4.78 is 26.9. The number of fused-ring (bicyclic) bond motifs is 1. The fraction of sp³-hybridized carbons (Fsp3) is 0.357. The van der Waals surface area contributed by atoms with Crippen LogP contribution in [0.15, 0.2) is 41.4 Å². The first-order valence-electron chi connectivity index (χ1n) is 6.33. The smallest absolute Gasteiger partial charge is 0.244 e. The SMILES string of the molecule is CN(C(C)(C)CN)S(=O)(=O)c1cccc2ncccc12. The second-order valence-electron chi connectivity index (χ2n) is 5.32. The van der Waals surface area contributed by atoms with E-state index in [1.807, 2.05) is 0 Å². The molecule has 1 heterocycles. The summed E-state index contributed by atoms with van der Waals surface area (Å²) in [6.45, 7) is 3.84. The number of aromatic nitrogens is 1. The predicted octanol–water partition coefficient (Wildman–Crippen LogP) is 1.59. The van der Waals surface area contributed by atoms with Crippen LogP contribution in [0.1, 0.15) is 13.8 Å². The number of rotatable bonds is 4. The first kappa shape index (κ1) is 14.9. The molecule has 0 aliphatic heterocycles. The van der Waals surface area contributed by atoms with Gasteiger partial charge in [-0.2, -0.15) is 4.31 Å². The fourth-order valence-electron chi connectivity index (χ4n) is 1.90. The van der Waals surface area contributed by atoms with Crippen LogP contribution in [0.5, 0.6) is 0 Å². The van der Waals surface area contributed by atoms with E-state index in [0.29, 0.717) is 10.9 Å². The summed E-state index contributed by atoms with van der Waals surface area (Å²) in [5.74, 6) is 0. The molecule has 0 amide bonds. The molecule has 0 aliphatic rings. The Morgan fingerprint density at radius 2 is 1.95 bits per heavy atom. The van der Waals surface area contributed by atoms with Crippen LogP contribution >= 0.6 is 0 Å². The number of pyridine rings is 1. The maximum absolute atomic E-state index is 12.8. The van der Waals surface area contributed by atoms with Gasteiger partial charge in [0.25, 0.3) is 0 Å². The van der Waals surface area contributed by atoms with Gasteiger partial charge in [0.05, 0.1) is 10.4 Å². The van der Waals surface area contributed by atoms with E-state index in [0.717, 1.165) is 0 Å². The van der Waals surface area contributed by atoms with Crippen molar-refractivity contribution in [2.24, 2.45) is 5.73 Å². The molecule has 0 aliphatic carbocycles. The molecule has 0 radical (unpaired) electrons. The zero-order valence-electron chi connectivity index (χ0n) is 11.9. The lowest BCUT2D eigenvalue weighted by atomic mass is 10.1. The van der Waals surface area contributed by atoms with Crippen molar-refractivity contribution in [3.8, 4) is 0 Å². The van der Waals surface area contributed by atoms with Gasteiger partial charge in [-0.15, -0.1) is 0 Å². The van der Waals surface area contributed by atoms with Crippen molar-refractivity contribution in [3.05, 3.63) is 36.5 Å². The van der Waals surface area contributed by atoms with E-state index in [4.69, 9.17) is 5.73 Å². The molecule has 1 aromatic heterocycles. The predicted molar refractivity (Wildman–Crippen MR) is 79.8 cm³/mol. The minimum absolute atomic E-state index is 0.242. The lowest BCUT2D eigenvalue weighted by Gasteiger charge is -2.33. The van der Waals surface area contributed by atoms with Crippen molar-refractivity contribution >= 4 is 20.9 Å². The van der Waals surface area contributed by atoms with Gasteiger partial charge in [-0.05, 0) is 38.1 Å². The average molecular weight is 293 g/mol. The van der Waals surface area contributed by atoms with Crippen LogP contribution in [0.25, 0.3) is 10.9 Å². The topological polar surface area (TPSA) is 76.3 Å². The van der Waals surface area contributed by atoms with Gasteiger partial charge in [0.1, 0.15) is 0 Å². The van der Waals surface area contributed by atoms with Crippen LogP contribution in [0.2, 0.25) is 0 Å². The maximum Gasteiger partial charge on any atom is 0.244 e. The molecular weight excluding hydrogens is 274 g/mol. The van der Waals surface area contributed by atoms with Crippen LogP contribution < -0.4 is 5.73 Å². The van der Waals surface area contributed by atoms with Gasteiger partial charge in [0.2, 0.25) is 10.0 Å². The minimum Gasteiger partial charge on any atom is -0.329 e. The van der Waals surface area contributed by atoms with E-state index in [1.165, 1.54) is 4.31 Å². The minimum atomic E-state index is -3.62. The summed E-state index contributed by atoms with van der Waals surface area (Å²) >= 11 is 0. The Kier molecular flexibility index (Phi) is 3.82. The first-order valence-corrected chi connectivity index (χ1v) is 7.77. The van der Waals surface area contributed by atoms with E-state index in [1.54, 1.807) is 57.4 Å². The highest BCUT2D eigenvalue weighted by Gasteiger charge is 2.33. The second-order valence-corrected chi connectivity index (χ2v) is 7.25. The number of hydrogen-bond acceptors (Lipinski definition) is 4. The van der Waals surface area contributed by atoms with Crippen molar-refractivity contribution in [2.75, 3.05) is 13.6 Å². The molecule has 1 aromatic carbocycles. The Morgan fingerprint density at radius 1 is 1.25 bits per heavy atom. The van der Waals surface area contributed by atoms with E-state index >= 15 is 0 Å². The Morgan fingerprint density at radius 3 is 2.60 bits per heavy atom. The number of hydrogen-bond donors (Lipinski definition) is 1. The van der Waals surface area contributed by atoms with Crippen LogP contribution in [-0.2, 0) is 10.0 Å². The normalized spacial score (nSPS) is 13.1. The lowest BCUT2D eigenvalue weighted by Crippen LogP contribution is -2.49. The zero-order valence-corrected chi connectivity index (χ0v) is 12.7. The summed E-state index contributed by atoms with van der Waals surface area (Å²) in [7, 11) is -2.07. The summed E-state index contributed by atoms with van der Waals surface area (Å²) in [5, 5.41) is 0.620. The molecule has 2 N–H and O–H groups in total. The molecular formula is C14H19N3O2S. The van der Waals surface area contributed by atoms with Crippen LogP contribution in [0.3, 0.4) is 0 Å². The zero-order chi connectivity index (χ0) is 15.0. The van der Waals surface area contributed by atoms with Crippen molar-refractivity contribution in [1.82, 2.24) is 9.29 Å². The molecule has 0 spiro atoms. The van der Waals surface area contributed by atoms with E-state index in [-0.39, 0.29) is 11.4 Å². The molecule has 0 saturated carbocycles. The van der Waals surface area contributed by atoms with Gasteiger partial charge in [-0.25, -0.2) is 8.42 Å². The molecule has 108 valence electrons. The fourth-order valence-corrected chi connectivity index (χ4v) is 3.62. The van der Waals surface area contributed by atoms with Gasteiger partial charge in [0.15, 0.2) is 0 Å².